The highest BCUT2D eigenvalue weighted by Gasteiger charge is 2.31. The molecule has 0 saturated heterocycles. The van der Waals surface area contributed by atoms with E-state index in [9.17, 15) is 8.42 Å². The molecule has 0 amide bonds. The first-order valence-electron chi connectivity index (χ1n) is 5.64. The zero-order valence-electron chi connectivity index (χ0n) is 10.8. The minimum atomic E-state index is -3.89. The monoisotopic (exact) mass is 299 g/mol. The van der Waals surface area contributed by atoms with Gasteiger partial charge in [0.05, 0.1) is 0 Å². The molecule has 0 saturated carbocycles. The lowest BCUT2D eigenvalue weighted by molar-refractivity contribution is 0.544. The SMILES string of the molecule is Cn1c(C(C)(C)c2ccccc2)nnc1S(=O)(=O)Cl. The van der Waals surface area contributed by atoms with Crippen LogP contribution < -0.4 is 0 Å². The molecule has 19 heavy (non-hydrogen) atoms. The summed E-state index contributed by atoms with van der Waals surface area (Å²) < 4.78 is 24.2. The van der Waals surface area contributed by atoms with Gasteiger partial charge in [-0.25, -0.2) is 8.42 Å². The van der Waals surface area contributed by atoms with E-state index in [1.165, 1.54) is 4.57 Å². The molecule has 0 atom stereocenters. The third-order valence-corrected chi connectivity index (χ3v) is 4.31. The van der Waals surface area contributed by atoms with Crippen molar-refractivity contribution in [1.82, 2.24) is 14.8 Å². The lowest BCUT2D eigenvalue weighted by Gasteiger charge is -2.24. The maximum absolute atomic E-state index is 11.4. The lowest BCUT2D eigenvalue weighted by Crippen LogP contribution is -2.24. The van der Waals surface area contributed by atoms with Crippen molar-refractivity contribution < 1.29 is 8.42 Å². The van der Waals surface area contributed by atoms with E-state index in [1.807, 2.05) is 44.2 Å². The topological polar surface area (TPSA) is 64.8 Å². The van der Waals surface area contributed by atoms with Gasteiger partial charge >= 0.3 is 0 Å². The Morgan fingerprint density at radius 3 is 2.21 bits per heavy atom. The van der Waals surface area contributed by atoms with Gasteiger partial charge in [-0.15, -0.1) is 10.2 Å². The minimum Gasteiger partial charge on any atom is -0.303 e. The summed E-state index contributed by atoms with van der Waals surface area (Å²) in [4.78, 5) is 0. The zero-order chi connectivity index (χ0) is 14.3. The maximum Gasteiger partial charge on any atom is 0.296 e. The number of rotatable bonds is 3. The first-order valence-corrected chi connectivity index (χ1v) is 7.95. The predicted octanol–water partition coefficient (Wildman–Crippen LogP) is 2.07. The van der Waals surface area contributed by atoms with E-state index in [2.05, 4.69) is 10.2 Å². The highest BCUT2D eigenvalue weighted by atomic mass is 35.7. The number of aromatic nitrogens is 3. The van der Waals surface area contributed by atoms with E-state index >= 15 is 0 Å². The van der Waals surface area contributed by atoms with Gasteiger partial charge in [0.15, 0.2) is 0 Å². The van der Waals surface area contributed by atoms with Gasteiger partial charge in [-0.2, -0.15) is 0 Å². The van der Waals surface area contributed by atoms with Crippen molar-refractivity contribution in [3.8, 4) is 0 Å². The van der Waals surface area contributed by atoms with Crippen LogP contribution in [0.3, 0.4) is 0 Å². The van der Waals surface area contributed by atoms with E-state index in [-0.39, 0.29) is 5.16 Å². The highest BCUT2D eigenvalue weighted by Crippen LogP contribution is 2.30. The van der Waals surface area contributed by atoms with Crippen LogP contribution in [-0.4, -0.2) is 23.2 Å². The summed E-state index contributed by atoms with van der Waals surface area (Å²) in [5, 5.41) is 7.41. The van der Waals surface area contributed by atoms with Crippen LogP contribution in [0.2, 0.25) is 0 Å². The average Bonchev–Trinajstić information content (AvgIpc) is 2.72. The number of benzene rings is 1. The number of hydrogen-bond donors (Lipinski definition) is 0. The van der Waals surface area contributed by atoms with Gasteiger partial charge < -0.3 is 4.57 Å². The van der Waals surface area contributed by atoms with Gasteiger partial charge in [-0.3, -0.25) is 0 Å². The molecule has 0 fully saturated rings. The fourth-order valence-electron chi connectivity index (χ4n) is 2.06. The van der Waals surface area contributed by atoms with Gasteiger partial charge in [0.2, 0.25) is 0 Å². The van der Waals surface area contributed by atoms with Crippen LogP contribution in [0.15, 0.2) is 35.5 Å². The molecule has 0 N–H and O–H groups in total. The Morgan fingerprint density at radius 1 is 1.16 bits per heavy atom. The fraction of sp³-hybridized carbons (Fsp3) is 0.333. The molecule has 0 unspecified atom stereocenters. The second-order valence-corrected chi connectivity index (χ2v) is 7.25. The fourth-order valence-corrected chi connectivity index (χ4v) is 3.01. The summed E-state index contributed by atoms with van der Waals surface area (Å²) in [7, 11) is 3.02. The van der Waals surface area contributed by atoms with Crippen LogP contribution >= 0.6 is 10.7 Å². The van der Waals surface area contributed by atoms with Crippen LogP contribution in [-0.2, 0) is 21.5 Å². The van der Waals surface area contributed by atoms with Crippen LogP contribution in [0.5, 0.6) is 0 Å². The number of halogens is 1. The Hall–Kier alpha value is -1.40. The van der Waals surface area contributed by atoms with Crippen molar-refractivity contribution in [3.05, 3.63) is 41.7 Å². The summed E-state index contributed by atoms with van der Waals surface area (Å²) in [6.07, 6.45) is 0. The summed E-state index contributed by atoms with van der Waals surface area (Å²) in [6.45, 7) is 3.91. The van der Waals surface area contributed by atoms with E-state index in [0.29, 0.717) is 5.82 Å². The van der Waals surface area contributed by atoms with Crippen molar-refractivity contribution in [3.63, 3.8) is 0 Å². The molecular weight excluding hydrogens is 286 g/mol. The second-order valence-electron chi connectivity index (χ2n) is 4.79. The van der Waals surface area contributed by atoms with Gasteiger partial charge in [-0.05, 0) is 19.4 Å². The third kappa shape index (κ3) is 2.50. The van der Waals surface area contributed by atoms with E-state index in [0.717, 1.165) is 5.56 Å². The molecule has 7 heteroatoms. The quantitative estimate of drug-likeness (QED) is 0.814. The number of hydrogen-bond acceptors (Lipinski definition) is 4. The van der Waals surface area contributed by atoms with E-state index in [4.69, 9.17) is 10.7 Å². The van der Waals surface area contributed by atoms with Crippen molar-refractivity contribution in [2.75, 3.05) is 0 Å². The molecule has 2 aromatic rings. The Kier molecular flexibility index (Phi) is 3.40. The molecule has 0 aliphatic heterocycles. The van der Waals surface area contributed by atoms with Crippen molar-refractivity contribution in [2.45, 2.75) is 24.4 Å². The molecule has 5 nitrogen and oxygen atoms in total. The van der Waals surface area contributed by atoms with Gasteiger partial charge in [-0.1, -0.05) is 30.3 Å². The normalized spacial score (nSPS) is 12.6. The molecule has 0 bridgehead atoms. The average molecular weight is 300 g/mol. The third-order valence-electron chi connectivity index (χ3n) is 3.11. The molecule has 0 aliphatic carbocycles. The number of nitrogens with zero attached hydrogens (tertiary/aromatic N) is 3. The van der Waals surface area contributed by atoms with Gasteiger partial charge in [0, 0.05) is 23.1 Å². The predicted molar refractivity (Wildman–Crippen MR) is 72.6 cm³/mol. The largest absolute Gasteiger partial charge is 0.303 e. The van der Waals surface area contributed by atoms with E-state index < -0.39 is 14.5 Å². The first kappa shape index (κ1) is 14.0. The van der Waals surface area contributed by atoms with E-state index in [1.54, 1.807) is 7.05 Å². The van der Waals surface area contributed by atoms with Crippen molar-refractivity contribution >= 4 is 19.7 Å². The molecular formula is C12H14ClN3O2S. The smallest absolute Gasteiger partial charge is 0.296 e. The molecule has 1 heterocycles. The van der Waals surface area contributed by atoms with Crippen LogP contribution in [0.25, 0.3) is 0 Å². The molecule has 102 valence electrons. The Morgan fingerprint density at radius 2 is 1.74 bits per heavy atom. The van der Waals surface area contributed by atoms with Crippen LogP contribution in [0.1, 0.15) is 25.2 Å². The molecule has 0 aliphatic rings. The lowest BCUT2D eigenvalue weighted by atomic mass is 9.84. The van der Waals surface area contributed by atoms with Crippen molar-refractivity contribution in [2.24, 2.45) is 7.05 Å². The van der Waals surface area contributed by atoms with Crippen LogP contribution in [0, 0.1) is 0 Å². The van der Waals surface area contributed by atoms with Gasteiger partial charge in [0.25, 0.3) is 14.2 Å². The molecule has 1 aromatic carbocycles. The van der Waals surface area contributed by atoms with Crippen molar-refractivity contribution in [1.29, 1.82) is 0 Å². The summed E-state index contributed by atoms with van der Waals surface area (Å²) in [5.41, 5.74) is 0.548. The van der Waals surface area contributed by atoms with Crippen LogP contribution in [0.4, 0.5) is 0 Å². The molecule has 0 spiro atoms. The zero-order valence-corrected chi connectivity index (χ0v) is 12.4. The second kappa shape index (κ2) is 4.61. The standard InChI is InChI=1S/C12H14ClN3O2S/c1-12(2,9-7-5-4-6-8-9)10-14-15-11(16(10)3)19(13,17)18/h4-8H,1-3H3. The Balaban J connectivity index is 2.57. The highest BCUT2D eigenvalue weighted by molar-refractivity contribution is 8.13. The summed E-state index contributed by atoms with van der Waals surface area (Å²) >= 11 is 0. The molecule has 1 aromatic heterocycles. The summed E-state index contributed by atoms with van der Waals surface area (Å²) in [6, 6.07) is 9.69. The Labute approximate surface area is 116 Å². The minimum absolute atomic E-state index is 0.242. The van der Waals surface area contributed by atoms with Gasteiger partial charge in [0.1, 0.15) is 5.82 Å². The first-order chi connectivity index (χ1) is 8.74. The Bertz CT molecular complexity index is 693. The maximum atomic E-state index is 11.4. The molecule has 0 radical (unpaired) electrons. The molecule has 2 rings (SSSR count). The summed E-state index contributed by atoms with van der Waals surface area (Å²) in [5.74, 6) is 0.540.